The lowest BCUT2D eigenvalue weighted by Gasteiger charge is -2.13. The minimum Gasteiger partial charge on any atom is -0.494 e. The number of aromatic nitrogens is 1. The molecule has 8 nitrogen and oxygen atoms in total. The normalized spacial score (nSPS) is 11.5. The molecule has 1 aromatic heterocycles. The summed E-state index contributed by atoms with van der Waals surface area (Å²) in [7, 11) is -3.29. The highest BCUT2D eigenvalue weighted by Crippen LogP contribution is 2.21. The van der Waals surface area contributed by atoms with Crippen molar-refractivity contribution >= 4 is 16.0 Å². The van der Waals surface area contributed by atoms with Crippen LogP contribution in [0.3, 0.4) is 0 Å². The van der Waals surface area contributed by atoms with Crippen molar-refractivity contribution in [3.05, 3.63) is 27.0 Å². The Labute approximate surface area is 102 Å². The molecule has 1 amide bonds. The topological polar surface area (TPSA) is 140 Å². The van der Waals surface area contributed by atoms with Crippen molar-refractivity contribution in [2.24, 2.45) is 12.8 Å². The summed E-state index contributed by atoms with van der Waals surface area (Å²) < 4.78 is 31.1. The van der Waals surface area contributed by atoms with E-state index in [0.29, 0.717) is 4.57 Å². The van der Waals surface area contributed by atoms with Crippen molar-refractivity contribution in [2.75, 3.05) is 0 Å². The van der Waals surface area contributed by atoms with Gasteiger partial charge in [-0.25, -0.2) is 0 Å². The van der Waals surface area contributed by atoms with Gasteiger partial charge in [0, 0.05) is 12.6 Å². The number of primary amides is 1. The number of carbonyl (C=O) groups excluding carboxylic acids is 1. The Morgan fingerprint density at radius 1 is 1.44 bits per heavy atom. The molecule has 100 valence electrons. The first-order valence-corrected chi connectivity index (χ1v) is 6.33. The molecule has 0 aliphatic rings. The Bertz CT molecular complexity index is 673. The first-order chi connectivity index (χ1) is 8.06. The van der Waals surface area contributed by atoms with Crippen LogP contribution >= 0.6 is 0 Å². The van der Waals surface area contributed by atoms with E-state index in [0.717, 1.165) is 7.05 Å². The summed E-state index contributed by atoms with van der Waals surface area (Å²) in [5.74, 6) is -2.60. The molecule has 0 fully saturated rings. The van der Waals surface area contributed by atoms with Gasteiger partial charge in [0.25, 0.3) is 21.6 Å². The van der Waals surface area contributed by atoms with Crippen molar-refractivity contribution in [2.45, 2.75) is 12.7 Å². The van der Waals surface area contributed by atoms with Crippen molar-refractivity contribution in [1.29, 1.82) is 0 Å². The zero-order valence-electron chi connectivity index (χ0n) is 9.67. The maximum atomic E-state index is 11.7. The minimum absolute atomic E-state index is 0.0688. The van der Waals surface area contributed by atoms with E-state index in [1.165, 1.54) is 6.92 Å². The van der Waals surface area contributed by atoms with Crippen LogP contribution < -0.4 is 11.3 Å². The quantitative estimate of drug-likeness (QED) is 0.598. The average molecular weight is 276 g/mol. The Morgan fingerprint density at radius 3 is 2.33 bits per heavy atom. The average Bonchev–Trinajstić information content (AvgIpc) is 2.20. The highest BCUT2D eigenvalue weighted by atomic mass is 32.2. The first kappa shape index (κ1) is 14.2. The van der Waals surface area contributed by atoms with Crippen LogP contribution in [0.1, 0.15) is 21.5 Å². The van der Waals surface area contributed by atoms with Gasteiger partial charge in [0.15, 0.2) is 0 Å². The molecule has 0 bridgehead atoms. The van der Waals surface area contributed by atoms with Gasteiger partial charge in [-0.2, -0.15) is 8.42 Å². The molecule has 0 aliphatic heterocycles. The van der Waals surface area contributed by atoms with E-state index >= 15 is 0 Å². The van der Waals surface area contributed by atoms with E-state index in [2.05, 4.69) is 0 Å². The monoisotopic (exact) mass is 276 g/mol. The molecule has 1 aromatic rings. The molecule has 0 spiro atoms. The Kier molecular flexibility index (Phi) is 3.49. The molecular weight excluding hydrogens is 264 g/mol. The maximum absolute atomic E-state index is 11.7. The van der Waals surface area contributed by atoms with Crippen LogP contribution in [0.25, 0.3) is 0 Å². The minimum atomic E-state index is -4.44. The molecule has 1 heterocycles. The largest absolute Gasteiger partial charge is 0.494 e. The van der Waals surface area contributed by atoms with E-state index in [-0.39, 0.29) is 16.7 Å². The Balaban J connectivity index is 3.74. The Morgan fingerprint density at radius 2 is 1.94 bits per heavy atom. The van der Waals surface area contributed by atoms with Crippen molar-refractivity contribution in [3.8, 4) is 5.88 Å². The van der Waals surface area contributed by atoms with Crippen LogP contribution in [0.5, 0.6) is 5.88 Å². The third kappa shape index (κ3) is 2.51. The highest BCUT2D eigenvalue weighted by molar-refractivity contribution is 7.85. The van der Waals surface area contributed by atoms with Gasteiger partial charge in [0.05, 0.1) is 0 Å². The molecule has 4 N–H and O–H groups in total. The van der Waals surface area contributed by atoms with Gasteiger partial charge in [0.1, 0.15) is 11.3 Å². The maximum Gasteiger partial charge on any atom is 0.269 e. The van der Waals surface area contributed by atoms with E-state index in [4.69, 9.17) is 10.3 Å². The van der Waals surface area contributed by atoms with Gasteiger partial charge in [-0.15, -0.1) is 0 Å². The number of aromatic hydroxyl groups is 1. The Hall–Kier alpha value is -1.87. The second-order valence-corrected chi connectivity index (χ2v) is 5.21. The standard InChI is InChI=1S/C9H12N2O6S/c1-4-5(3-18(15,16)17)8(13)11(2)9(14)6(4)7(10)12/h14H,3H2,1-2H3,(H2,10,12)(H,15,16,17). The second-order valence-electron chi connectivity index (χ2n) is 3.76. The van der Waals surface area contributed by atoms with E-state index in [9.17, 15) is 23.1 Å². The number of hydrogen-bond acceptors (Lipinski definition) is 5. The summed E-state index contributed by atoms with van der Waals surface area (Å²) in [6, 6.07) is 0. The lowest BCUT2D eigenvalue weighted by atomic mass is 10.1. The van der Waals surface area contributed by atoms with Gasteiger partial charge in [-0.3, -0.25) is 18.7 Å². The van der Waals surface area contributed by atoms with Gasteiger partial charge < -0.3 is 10.8 Å². The number of pyridine rings is 1. The third-order valence-corrected chi connectivity index (χ3v) is 3.16. The van der Waals surface area contributed by atoms with Crippen LogP contribution in [-0.4, -0.2) is 28.6 Å². The van der Waals surface area contributed by atoms with E-state index in [1.807, 2.05) is 0 Å². The van der Waals surface area contributed by atoms with Crippen LogP contribution in [0.15, 0.2) is 4.79 Å². The van der Waals surface area contributed by atoms with Crippen LogP contribution in [0.4, 0.5) is 0 Å². The number of carbonyl (C=O) groups is 1. The number of rotatable bonds is 3. The van der Waals surface area contributed by atoms with Gasteiger partial charge in [0.2, 0.25) is 5.88 Å². The molecule has 0 saturated carbocycles. The zero-order valence-corrected chi connectivity index (χ0v) is 10.5. The fourth-order valence-corrected chi connectivity index (χ4v) is 2.30. The number of hydrogen-bond donors (Lipinski definition) is 3. The molecule has 9 heteroatoms. The van der Waals surface area contributed by atoms with Gasteiger partial charge in [-0.1, -0.05) is 0 Å². The number of amides is 1. The molecule has 0 saturated heterocycles. The third-order valence-electron chi connectivity index (χ3n) is 2.50. The smallest absolute Gasteiger partial charge is 0.269 e. The van der Waals surface area contributed by atoms with Crippen molar-refractivity contribution < 1.29 is 22.9 Å². The molecule has 0 aliphatic carbocycles. The molecule has 18 heavy (non-hydrogen) atoms. The van der Waals surface area contributed by atoms with Gasteiger partial charge >= 0.3 is 0 Å². The van der Waals surface area contributed by atoms with Crippen LogP contribution in [0, 0.1) is 6.92 Å². The SMILES string of the molecule is Cc1c(C(N)=O)c(O)n(C)c(=O)c1CS(=O)(=O)O. The highest BCUT2D eigenvalue weighted by Gasteiger charge is 2.23. The molecule has 0 radical (unpaired) electrons. The van der Waals surface area contributed by atoms with E-state index < -0.39 is 33.2 Å². The van der Waals surface area contributed by atoms with Crippen LogP contribution in [-0.2, 0) is 22.9 Å². The predicted octanol–water partition coefficient (Wildman–Crippen LogP) is -1.11. The van der Waals surface area contributed by atoms with Gasteiger partial charge in [-0.05, 0) is 12.5 Å². The summed E-state index contributed by atoms with van der Waals surface area (Å²) in [6.45, 7) is 1.27. The fraction of sp³-hybridized carbons (Fsp3) is 0.333. The summed E-state index contributed by atoms with van der Waals surface area (Å²) in [4.78, 5) is 22.9. The lowest BCUT2D eigenvalue weighted by molar-refractivity contribution is 0.0995. The molecule has 0 unspecified atom stereocenters. The summed E-state index contributed by atoms with van der Waals surface area (Å²) in [5, 5.41) is 9.60. The molecule has 1 rings (SSSR count). The second kappa shape index (κ2) is 4.42. The molecular formula is C9H12N2O6S. The summed E-state index contributed by atoms with van der Waals surface area (Å²) >= 11 is 0. The van der Waals surface area contributed by atoms with Crippen molar-refractivity contribution in [3.63, 3.8) is 0 Å². The summed E-state index contributed by atoms with van der Waals surface area (Å²) in [6.07, 6.45) is 0. The molecule has 0 atom stereocenters. The van der Waals surface area contributed by atoms with Crippen molar-refractivity contribution in [1.82, 2.24) is 4.57 Å². The number of nitrogens with zero attached hydrogens (tertiary/aromatic N) is 1. The van der Waals surface area contributed by atoms with E-state index in [1.54, 1.807) is 0 Å². The summed E-state index contributed by atoms with van der Waals surface area (Å²) in [5.41, 5.74) is 3.48. The van der Waals surface area contributed by atoms with Crippen LogP contribution in [0.2, 0.25) is 0 Å². The predicted molar refractivity (Wildman–Crippen MR) is 61.9 cm³/mol. The zero-order chi connectivity index (χ0) is 14.2. The number of nitrogens with two attached hydrogens (primary N) is 1. The molecule has 0 aromatic carbocycles. The lowest BCUT2D eigenvalue weighted by Crippen LogP contribution is -2.28. The fourth-order valence-electron chi connectivity index (χ4n) is 1.59. The first-order valence-electron chi connectivity index (χ1n) is 4.72.